The minimum Gasteiger partial charge on any atom is -0.444 e. The Labute approximate surface area is 175 Å². The topological polar surface area (TPSA) is 80.6 Å². The molecule has 2 aromatic heterocycles. The third-order valence-corrected chi connectivity index (χ3v) is 5.53. The second-order valence-electron chi connectivity index (χ2n) is 8.61. The molecular formula is C20H29N5O3S. The molecule has 0 N–H and O–H groups in total. The van der Waals surface area contributed by atoms with Gasteiger partial charge in [0.1, 0.15) is 16.3 Å². The van der Waals surface area contributed by atoms with Crippen LogP contribution in [0.4, 0.5) is 4.79 Å². The quantitative estimate of drug-likeness (QED) is 0.758. The van der Waals surface area contributed by atoms with Crippen molar-refractivity contribution in [3.63, 3.8) is 0 Å². The highest BCUT2D eigenvalue weighted by Crippen LogP contribution is 2.25. The molecule has 0 aromatic carbocycles. The van der Waals surface area contributed by atoms with E-state index in [-0.39, 0.29) is 24.1 Å². The van der Waals surface area contributed by atoms with E-state index in [4.69, 9.17) is 4.74 Å². The van der Waals surface area contributed by atoms with Crippen molar-refractivity contribution in [3.8, 4) is 10.6 Å². The molecule has 1 aliphatic heterocycles. The number of nitrogens with zero attached hydrogens (tertiary/aromatic N) is 5. The number of rotatable bonds is 3. The van der Waals surface area contributed by atoms with E-state index in [1.165, 1.54) is 11.3 Å². The van der Waals surface area contributed by atoms with Gasteiger partial charge >= 0.3 is 6.09 Å². The molecule has 0 bridgehead atoms. The van der Waals surface area contributed by atoms with Crippen molar-refractivity contribution in [2.24, 2.45) is 0 Å². The second kappa shape index (κ2) is 8.14. The summed E-state index contributed by atoms with van der Waals surface area (Å²) < 4.78 is 7.33. The number of amides is 2. The highest BCUT2D eigenvalue weighted by molar-refractivity contribution is 7.13. The summed E-state index contributed by atoms with van der Waals surface area (Å²) >= 11 is 1.44. The van der Waals surface area contributed by atoms with E-state index in [2.05, 4.69) is 23.9 Å². The van der Waals surface area contributed by atoms with Gasteiger partial charge in [-0.3, -0.25) is 9.48 Å². The van der Waals surface area contributed by atoms with Crippen molar-refractivity contribution >= 4 is 23.3 Å². The maximum Gasteiger partial charge on any atom is 0.410 e. The minimum atomic E-state index is -0.538. The van der Waals surface area contributed by atoms with E-state index in [0.717, 1.165) is 10.6 Å². The van der Waals surface area contributed by atoms with Crippen molar-refractivity contribution in [1.29, 1.82) is 0 Å². The molecule has 9 heteroatoms. The average molecular weight is 420 g/mol. The molecule has 0 saturated carbocycles. The van der Waals surface area contributed by atoms with Crippen LogP contribution in [-0.2, 0) is 4.74 Å². The third-order valence-electron chi connectivity index (χ3n) is 4.64. The summed E-state index contributed by atoms with van der Waals surface area (Å²) in [5, 5.41) is 6.90. The Balaban J connectivity index is 1.65. The molecule has 0 aliphatic carbocycles. The lowest BCUT2D eigenvalue weighted by atomic mass is 10.2. The smallest absolute Gasteiger partial charge is 0.410 e. The molecule has 1 saturated heterocycles. The highest BCUT2D eigenvalue weighted by Gasteiger charge is 2.33. The van der Waals surface area contributed by atoms with Gasteiger partial charge in [0.2, 0.25) is 0 Å². The lowest BCUT2D eigenvalue weighted by Gasteiger charge is -2.40. The van der Waals surface area contributed by atoms with Gasteiger partial charge in [0.25, 0.3) is 5.91 Å². The number of hydrogen-bond donors (Lipinski definition) is 0. The first-order chi connectivity index (χ1) is 13.5. The summed E-state index contributed by atoms with van der Waals surface area (Å²) in [6.45, 7) is 12.9. The molecule has 1 fully saturated rings. The monoisotopic (exact) mass is 419 g/mol. The maximum absolute atomic E-state index is 12.9. The molecule has 3 heterocycles. The Morgan fingerprint density at radius 3 is 2.59 bits per heavy atom. The summed E-state index contributed by atoms with van der Waals surface area (Å²) in [6.07, 6.45) is 3.38. The fraction of sp³-hybridized carbons (Fsp3) is 0.600. The van der Waals surface area contributed by atoms with Crippen LogP contribution in [0.1, 0.15) is 58.1 Å². The Hall–Kier alpha value is -2.42. The molecule has 1 atom stereocenters. The van der Waals surface area contributed by atoms with Crippen LogP contribution in [0, 0.1) is 0 Å². The van der Waals surface area contributed by atoms with Crippen LogP contribution in [-0.4, -0.2) is 67.8 Å². The van der Waals surface area contributed by atoms with Gasteiger partial charge in [-0.05, 0) is 41.5 Å². The van der Waals surface area contributed by atoms with Gasteiger partial charge in [-0.2, -0.15) is 5.10 Å². The zero-order valence-electron chi connectivity index (χ0n) is 17.9. The van der Waals surface area contributed by atoms with Crippen LogP contribution in [0.5, 0.6) is 0 Å². The number of thiazole rings is 1. The number of ether oxygens (including phenoxy) is 1. The first-order valence-electron chi connectivity index (χ1n) is 9.84. The van der Waals surface area contributed by atoms with Crippen molar-refractivity contribution < 1.29 is 14.3 Å². The van der Waals surface area contributed by atoms with Gasteiger partial charge in [-0.25, -0.2) is 9.78 Å². The van der Waals surface area contributed by atoms with Crippen molar-refractivity contribution in [2.75, 3.05) is 19.6 Å². The van der Waals surface area contributed by atoms with E-state index < -0.39 is 5.60 Å². The first kappa shape index (κ1) is 21.3. The standard InChI is InChI=1S/C20H29N5O3S/c1-13(2)25-11-15(9-21-25)17-22-16(12-29-17)18(26)23-7-8-24(14(3)10-23)19(27)28-20(4,5)6/h9,11-14H,7-8,10H2,1-6H3/t14-/m0/s1. The van der Waals surface area contributed by atoms with Crippen LogP contribution in [0.3, 0.4) is 0 Å². The van der Waals surface area contributed by atoms with Crippen molar-refractivity contribution in [1.82, 2.24) is 24.6 Å². The Kier molecular flexibility index (Phi) is 5.97. The Bertz CT molecular complexity index is 883. The zero-order valence-corrected chi connectivity index (χ0v) is 18.7. The largest absolute Gasteiger partial charge is 0.444 e. The number of piperazine rings is 1. The minimum absolute atomic E-state index is 0.112. The maximum atomic E-state index is 12.9. The summed E-state index contributed by atoms with van der Waals surface area (Å²) in [7, 11) is 0. The molecule has 0 unspecified atom stereocenters. The molecule has 2 amide bonds. The highest BCUT2D eigenvalue weighted by atomic mass is 32.1. The van der Waals surface area contributed by atoms with E-state index >= 15 is 0 Å². The second-order valence-corrected chi connectivity index (χ2v) is 9.47. The molecule has 8 nitrogen and oxygen atoms in total. The predicted molar refractivity (Wildman–Crippen MR) is 112 cm³/mol. The normalized spacial score (nSPS) is 17.7. The zero-order chi connectivity index (χ0) is 21.3. The van der Waals surface area contributed by atoms with E-state index in [1.807, 2.05) is 38.6 Å². The molecule has 1 aliphatic rings. The number of carbonyl (C=O) groups excluding carboxylic acids is 2. The number of carbonyl (C=O) groups is 2. The molecular weight excluding hydrogens is 390 g/mol. The van der Waals surface area contributed by atoms with E-state index in [1.54, 1.807) is 21.4 Å². The molecule has 29 heavy (non-hydrogen) atoms. The molecule has 2 aromatic rings. The van der Waals surface area contributed by atoms with Crippen LogP contribution >= 0.6 is 11.3 Å². The van der Waals surface area contributed by atoms with Crippen LogP contribution in [0.2, 0.25) is 0 Å². The average Bonchev–Trinajstić information content (AvgIpc) is 3.28. The summed E-state index contributed by atoms with van der Waals surface area (Å²) in [4.78, 5) is 33.2. The van der Waals surface area contributed by atoms with Gasteiger partial charge in [-0.1, -0.05) is 0 Å². The molecule has 158 valence electrons. The van der Waals surface area contributed by atoms with Gasteiger partial charge in [0, 0.05) is 48.9 Å². The third kappa shape index (κ3) is 4.95. The molecule has 0 spiro atoms. The molecule has 0 radical (unpaired) electrons. The lowest BCUT2D eigenvalue weighted by molar-refractivity contribution is 0.00191. The van der Waals surface area contributed by atoms with Gasteiger partial charge < -0.3 is 14.5 Å². The van der Waals surface area contributed by atoms with Crippen LogP contribution in [0.25, 0.3) is 10.6 Å². The number of hydrogen-bond acceptors (Lipinski definition) is 6. The van der Waals surface area contributed by atoms with Gasteiger partial charge in [-0.15, -0.1) is 11.3 Å². The Morgan fingerprint density at radius 1 is 1.28 bits per heavy atom. The number of aromatic nitrogens is 3. The lowest BCUT2D eigenvalue weighted by Crippen LogP contribution is -2.56. The van der Waals surface area contributed by atoms with Crippen LogP contribution in [0.15, 0.2) is 17.8 Å². The Morgan fingerprint density at radius 2 is 2.00 bits per heavy atom. The summed E-state index contributed by atoms with van der Waals surface area (Å²) in [5.41, 5.74) is 0.801. The predicted octanol–water partition coefficient (Wildman–Crippen LogP) is 3.67. The van der Waals surface area contributed by atoms with E-state index in [0.29, 0.717) is 25.3 Å². The van der Waals surface area contributed by atoms with Gasteiger partial charge in [0.15, 0.2) is 0 Å². The fourth-order valence-electron chi connectivity index (χ4n) is 3.13. The summed E-state index contributed by atoms with van der Waals surface area (Å²) in [5.74, 6) is -0.112. The fourth-order valence-corrected chi connectivity index (χ4v) is 3.90. The van der Waals surface area contributed by atoms with Crippen molar-refractivity contribution in [3.05, 3.63) is 23.5 Å². The molecule has 3 rings (SSSR count). The van der Waals surface area contributed by atoms with Gasteiger partial charge in [0.05, 0.1) is 6.20 Å². The summed E-state index contributed by atoms with van der Waals surface area (Å²) in [6, 6.07) is 0.150. The van der Waals surface area contributed by atoms with E-state index in [9.17, 15) is 9.59 Å². The van der Waals surface area contributed by atoms with Crippen LogP contribution < -0.4 is 0 Å². The van der Waals surface area contributed by atoms with Crippen molar-refractivity contribution in [2.45, 2.75) is 59.2 Å². The SMILES string of the molecule is CC(C)n1cc(-c2nc(C(=O)N3CCN(C(=O)OC(C)(C)C)[C@@H](C)C3)cs2)cn1. The first-order valence-corrected chi connectivity index (χ1v) is 10.7.